The molecule has 32 heavy (non-hydrogen) atoms. The molecule has 0 aliphatic carbocycles. The van der Waals surface area contributed by atoms with Crippen LogP contribution in [0.4, 0.5) is 0 Å². The van der Waals surface area contributed by atoms with E-state index in [4.69, 9.17) is 9.47 Å². The highest BCUT2D eigenvalue weighted by Gasteiger charge is 2.28. The van der Waals surface area contributed by atoms with Gasteiger partial charge in [-0.2, -0.15) is 0 Å². The van der Waals surface area contributed by atoms with Gasteiger partial charge in [0.25, 0.3) is 5.91 Å². The van der Waals surface area contributed by atoms with Crippen molar-refractivity contribution in [2.24, 2.45) is 0 Å². The summed E-state index contributed by atoms with van der Waals surface area (Å²) in [6.45, 7) is 10.9. The molecule has 6 nitrogen and oxygen atoms in total. The minimum absolute atomic E-state index is 0.0461. The third-order valence-corrected chi connectivity index (χ3v) is 5.33. The third-order valence-electron chi connectivity index (χ3n) is 5.33. The van der Waals surface area contributed by atoms with E-state index in [0.717, 1.165) is 11.3 Å². The molecule has 0 saturated carbocycles. The average Bonchev–Trinajstić information content (AvgIpc) is 2.77. The van der Waals surface area contributed by atoms with Gasteiger partial charge < -0.3 is 19.7 Å². The van der Waals surface area contributed by atoms with Crippen LogP contribution in [0.5, 0.6) is 11.5 Å². The van der Waals surface area contributed by atoms with E-state index in [-0.39, 0.29) is 23.8 Å². The summed E-state index contributed by atoms with van der Waals surface area (Å²) >= 11 is 0. The van der Waals surface area contributed by atoms with Crippen LogP contribution in [-0.2, 0) is 21.5 Å². The maximum absolute atomic E-state index is 13.2. The Labute approximate surface area is 191 Å². The molecular weight excluding hydrogens is 404 g/mol. The fourth-order valence-electron chi connectivity index (χ4n) is 3.42. The lowest BCUT2D eigenvalue weighted by atomic mass is 9.87. The number of carbonyl (C=O) groups excluding carboxylic acids is 2. The molecule has 0 aliphatic heterocycles. The van der Waals surface area contributed by atoms with Gasteiger partial charge in [0.2, 0.25) is 5.91 Å². The largest absolute Gasteiger partial charge is 0.497 e. The van der Waals surface area contributed by atoms with Crippen molar-refractivity contribution < 1.29 is 19.1 Å². The van der Waals surface area contributed by atoms with Crippen LogP contribution < -0.4 is 14.8 Å². The van der Waals surface area contributed by atoms with Crippen LogP contribution in [-0.4, -0.2) is 43.0 Å². The lowest BCUT2D eigenvalue weighted by Gasteiger charge is -2.30. The molecule has 0 bridgehead atoms. The lowest BCUT2D eigenvalue weighted by molar-refractivity contribution is -0.142. The molecule has 0 radical (unpaired) electrons. The van der Waals surface area contributed by atoms with E-state index in [1.54, 1.807) is 12.0 Å². The SMILES string of the molecule is CCNC(=O)[C@@H](CC)N(Cc1ccc(OC)cc1)C(=O)COc1ccc(C(C)(C)C)cc1. The van der Waals surface area contributed by atoms with Gasteiger partial charge in [-0.15, -0.1) is 0 Å². The number of benzene rings is 2. The average molecular weight is 441 g/mol. The zero-order valence-corrected chi connectivity index (χ0v) is 20.1. The van der Waals surface area contributed by atoms with Crippen LogP contribution in [0, 0.1) is 0 Å². The van der Waals surface area contributed by atoms with Crippen molar-refractivity contribution in [1.29, 1.82) is 0 Å². The Morgan fingerprint density at radius 1 is 0.969 bits per heavy atom. The Morgan fingerprint density at radius 3 is 2.06 bits per heavy atom. The van der Waals surface area contributed by atoms with Gasteiger partial charge in [0.15, 0.2) is 6.61 Å². The minimum atomic E-state index is -0.573. The topological polar surface area (TPSA) is 67.9 Å². The van der Waals surface area contributed by atoms with Crippen molar-refractivity contribution in [2.75, 3.05) is 20.3 Å². The number of hydrogen-bond acceptors (Lipinski definition) is 4. The second-order valence-electron chi connectivity index (χ2n) is 8.75. The number of hydrogen-bond donors (Lipinski definition) is 1. The van der Waals surface area contributed by atoms with Gasteiger partial charge in [0.1, 0.15) is 17.5 Å². The van der Waals surface area contributed by atoms with E-state index in [9.17, 15) is 9.59 Å². The van der Waals surface area contributed by atoms with Gasteiger partial charge in [-0.1, -0.05) is 52.0 Å². The Kier molecular flexibility index (Phi) is 9.12. The highest BCUT2D eigenvalue weighted by atomic mass is 16.5. The number of methoxy groups -OCH3 is 1. The summed E-state index contributed by atoms with van der Waals surface area (Å²) in [6.07, 6.45) is 0.508. The number of rotatable bonds is 10. The van der Waals surface area contributed by atoms with Crippen molar-refractivity contribution in [3.05, 3.63) is 59.7 Å². The first-order valence-corrected chi connectivity index (χ1v) is 11.1. The van der Waals surface area contributed by atoms with Crippen molar-refractivity contribution in [3.63, 3.8) is 0 Å². The van der Waals surface area contributed by atoms with Gasteiger partial charge >= 0.3 is 0 Å². The summed E-state index contributed by atoms with van der Waals surface area (Å²) in [4.78, 5) is 27.4. The summed E-state index contributed by atoms with van der Waals surface area (Å²) in [7, 11) is 1.61. The molecule has 0 heterocycles. The lowest BCUT2D eigenvalue weighted by Crippen LogP contribution is -2.50. The van der Waals surface area contributed by atoms with Crippen molar-refractivity contribution in [1.82, 2.24) is 10.2 Å². The number of nitrogens with one attached hydrogen (secondary N) is 1. The van der Waals surface area contributed by atoms with E-state index in [1.807, 2.05) is 62.4 Å². The van der Waals surface area contributed by atoms with Gasteiger partial charge in [-0.05, 0) is 54.2 Å². The molecule has 0 saturated heterocycles. The Bertz CT molecular complexity index is 870. The van der Waals surface area contributed by atoms with Crippen LogP contribution in [0.15, 0.2) is 48.5 Å². The molecule has 0 aliphatic rings. The Hall–Kier alpha value is -3.02. The number of amides is 2. The number of nitrogens with zero attached hydrogens (tertiary/aromatic N) is 1. The minimum Gasteiger partial charge on any atom is -0.497 e. The first-order valence-electron chi connectivity index (χ1n) is 11.1. The summed E-state index contributed by atoms with van der Waals surface area (Å²) in [6, 6.07) is 14.7. The summed E-state index contributed by atoms with van der Waals surface area (Å²) < 4.78 is 11.0. The molecule has 0 spiro atoms. The number of carbonyl (C=O) groups is 2. The van der Waals surface area contributed by atoms with Crippen molar-refractivity contribution >= 4 is 11.8 Å². The van der Waals surface area contributed by atoms with E-state index >= 15 is 0 Å². The smallest absolute Gasteiger partial charge is 0.261 e. The predicted octanol–water partition coefficient (Wildman–Crippen LogP) is 4.32. The fourth-order valence-corrected chi connectivity index (χ4v) is 3.42. The van der Waals surface area contributed by atoms with Gasteiger partial charge in [0, 0.05) is 13.1 Å². The molecular formula is C26H36N2O4. The van der Waals surface area contributed by atoms with Crippen molar-refractivity contribution in [2.45, 2.75) is 59.0 Å². The quantitative estimate of drug-likeness (QED) is 0.598. The molecule has 2 rings (SSSR count). The van der Waals surface area contributed by atoms with E-state index in [2.05, 4.69) is 26.1 Å². The molecule has 2 aromatic carbocycles. The number of likely N-dealkylation sites (N-methyl/N-ethyl adjacent to an activating group) is 1. The molecule has 2 amide bonds. The maximum Gasteiger partial charge on any atom is 0.261 e. The van der Waals surface area contributed by atoms with E-state index in [1.165, 1.54) is 5.56 Å². The van der Waals surface area contributed by atoms with Gasteiger partial charge in [-0.3, -0.25) is 9.59 Å². The molecule has 174 valence electrons. The monoisotopic (exact) mass is 440 g/mol. The second kappa shape index (κ2) is 11.6. The molecule has 0 fully saturated rings. The highest BCUT2D eigenvalue weighted by Crippen LogP contribution is 2.24. The summed E-state index contributed by atoms with van der Waals surface area (Å²) in [5.41, 5.74) is 2.15. The van der Waals surface area contributed by atoms with Gasteiger partial charge in [0.05, 0.1) is 7.11 Å². The summed E-state index contributed by atoms with van der Waals surface area (Å²) in [5.74, 6) is 0.969. The first-order chi connectivity index (χ1) is 15.2. The van der Waals surface area contributed by atoms with Gasteiger partial charge in [-0.25, -0.2) is 0 Å². The summed E-state index contributed by atoms with van der Waals surface area (Å²) in [5, 5.41) is 2.84. The molecule has 1 N–H and O–H groups in total. The fraction of sp³-hybridized carbons (Fsp3) is 0.462. The number of ether oxygens (including phenoxy) is 2. The van der Waals surface area contributed by atoms with Crippen LogP contribution in [0.3, 0.4) is 0 Å². The van der Waals surface area contributed by atoms with Crippen LogP contribution in [0.25, 0.3) is 0 Å². The highest BCUT2D eigenvalue weighted by molar-refractivity contribution is 5.88. The maximum atomic E-state index is 13.2. The first kappa shape index (κ1) is 25.2. The predicted molar refractivity (Wildman–Crippen MR) is 127 cm³/mol. The molecule has 6 heteroatoms. The zero-order chi connectivity index (χ0) is 23.7. The standard InChI is InChI=1S/C26H36N2O4/c1-7-23(25(30)27-8-2)28(17-19-9-13-21(31-6)14-10-19)24(29)18-32-22-15-11-20(12-16-22)26(3,4)5/h9-16,23H,7-8,17-18H2,1-6H3,(H,27,30)/t23-/m1/s1. The zero-order valence-electron chi connectivity index (χ0n) is 20.1. The normalized spacial score (nSPS) is 12.1. The molecule has 1 atom stereocenters. The third kappa shape index (κ3) is 7.01. The molecule has 0 aromatic heterocycles. The van der Waals surface area contributed by atoms with Crippen molar-refractivity contribution in [3.8, 4) is 11.5 Å². The molecule has 2 aromatic rings. The van der Waals surface area contributed by atoms with Crippen LogP contribution in [0.1, 0.15) is 52.2 Å². The van der Waals surface area contributed by atoms with Crippen LogP contribution in [0.2, 0.25) is 0 Å². The van der Waals surface area contributed by atoms with Crippen LogP contribution >= 0.6 is 0 Å². The van der Waals surface area contributed by atoms with E-state index in [0.29, 0.717) is 25.3 Å². The second-order valence-corrected chi connectivity index (χ2v) is 8.75. The Balaban J connectivity index is 2.17. The Morgan fingerprint density at radius 2 is 1.56 bits per heavy atom. The van der Waals surface area contributed by atoms with E-state index < -0.39 is 6.04 Å². The molecule has 0 unspecified atom stereocenters.